The highest BCUT2D eigenvalue weighted by molar-refractivity contribution is 6.00. The van der Waals surface area contributed by atoms with E-state index >= 15 is 0 Å². The Morgan fingerprint density at radius 1 is 1.12 bits per heavy atom. The fraction of sp³-hybridized carbons (Fsp3) is 0.438. The lowest BCUT2D eigenvalue weighted by atomic mass is 9.82. The zero-order chi connectivity index (χ0) is 16.9. The molecule has 1 saturated carbocycles. The van der Waals surface area contributed by atoms with Gasteiger partial charge >= 0.3 is 0 Å². The lowest BCUT2D eigenvalue weighted by Gasteiger charge is -2.31. The summed E-state index contributed by atoms with van der Waals surface area (Å²) in [7, 11) is 0. The van der Waals surface area contributed by atoms with Crippen LogP contribution in [0.2, 0.25) is 0 Å². The van der Waals surface area contributed by atoms with E-state index in [9.17, 15) is 14.4 Å². The summed E-state index contributed by atoms with van der Waals surface area (Å²) in [4.78, 5) is 35.0. The molecule has 1 aromatic rings. The molecule has 3 amide bonds. The molecule has 0 heterocycles. The summed E-state index contributed by atoms with van der Waals surface area (Å²) >= 11 is 0. The first-order valence-corrected chi connectivity index (χ1v) is 7.68. The van der Waals surface area contributed by atoms with Crippen LogP contribution in [0, 0.1) is 0 Å². The SMILES string of the molecule is Cl.NC(=O)CNC(=O)c1cccc(NC(=O)C2(N)CCCCC2)c1. The van der Waals surface area contributed by atoms with Crippen LogP contribution in [0.3, 0.4) is 0 Å². The van der Waals surface area contributed by atoms with Crippen LogP contribution >= 0.6 is 12.4 Å². The molecule has 0 aromatic heterocycles. The quantitative estimate of drug-likeness (QED) is 0.627. The molecule has 8 heteroatoms. The smallest absolute Gasteiger partial charge is 0.251 e. The summed E-state index contributed by atoms with van der Waals surface area (Å²) in [5.41, 5.74) is 11.2. The summed E-state index contributed by atoms with van der Waals surface area (Å²) in [6, 6.07) is 6.47. The number of hydrogen-bond acceptors (Lipinski definition) is 4. The molecule has 2 rings (SSSR count). The van der Waals surface area contributed by atoms with E-state index in [4.69, 9.17) is 11.5 Å². The number of hydrogen-bond donors (Lipinski definition) is 4. The van der Waals surface area contributed by atoms with E-state index in [1.54, 1.807) is 24.3 Å². The van der Waals surface area contributed by atoms with Gasteiger partial charge in [0, 0.05) is 11.3 Å². The highest BCUT2D eigenvalue weighted by atomic mass is 35.5. The van der Waals surface area contributed by atoms with Crippen LogP contribution in [0.15, 0.2) is 24.3 Å². The lowest BCUT2D eigenvalue weighted by molar-refractivity contribution is -0.122. The second-order valence-electron chi connectivity index (χ2n) is 5.90. The zero-order valence-electron chi connectivity index (χ0n) is 13.3. The van der Waals surface area contributed by atoms with Crippen molar-refractivity contribution < 1.29 is 14.4 Å². The van der Waals surface area contributed by atoms with Gasteiger partial charge in [0.25, 0.3) is 5.91 Å². The Morgan fingerprint density at radius 3 is 2.42 bits per heavy atom. The van der Waals surface area contributed by atoms with E-state index in [1.807, 2.05) is 0 Å². The first-order chi connectivity index (χ1) is 10.9. The van der Waals surface area contributed by atoms with Crippen molar-refractivity contribution in [2.75, 3.05) is 11.9 Å². The van der Waals surface area contributed by atoms with Gasteiger partial charge in [-0.15, -0.1) is 12.4 Å². The minimum atomic E-state index is -0.845. The molecule has 7 nitrogen and oxygen atoms in total. The van der Waals surface area contributed by atoms with Crippen molar-refractivity contribution in [1.82, 2.24) is 5.32 Å². The molecule has 0 spiro atoms. The number of rotatable bonds is 5. The van der Waals surface area contributed by atoms with Crippen LogP contribution in [0.5, 0.6) is 0 Å². The van der Waals surface area contributed by atoms with Gasteiger partial charge in [0.05, 0.1) is 12.1 Å². The van der Waals surface area contributed by atoms with Gasteiger partial charge < -0.3 is 22.1 Å². The minimum absolute atomic E-state index is 0. The Morgan fingerprint density at radius 2 is 1.79 bits per heavy atom. The van der Waals surface area contributed by atoms with Crippen molar-refractivity contribution in [2.45, 2.75) is 37.6 Å². The highest BCUT2D eigenvalue weighted by Gasteiger charge is 2.35. The number of carbonyl (C=O) groups excluding carboxylic acids is 3. The number of anilines is 1. The maximum Gasteiger partial charge on any atom is 0.251 e. The molecule has 1 aliphatic rings. The lowest BCUT2D eigenvalue weighted by Crippen LogP contribution is -2.52. The predicted octanol–water partition coefficient (Wildman–Crippen LogP) is 0.924. The first kappa shape index (κ1) is 19.9. The standard InChI is InChI=1S/C16H22N4O3.ClH/c17-13(21)10-19-14(22)11-5-4-6-12(9-11)20-15(23)16(18)7-2-1-3-8-16;/h4-6,9H,1-3,7-8,10,18H2,(H2,17,21)(H,19,22)(H,20,23);1H. The molecule has 132 valence electrons. The Balaban J connectivity index is 0.00000288. The van der Waals surface area contributed by atoms with Gasteiger partial charge in [-0.05, 0) is 31.0 Å². The molecule has 24 heavy (non-hydrogen) atoms. The van der Waals surface area contributed by atoms with Gasteiger partial charge in [-0.3, -0.25) is 14.4 Å². The molecular formula is C16H23ClN4O3. The van der Waals surface area contributed by atoms with Gasteiger partial charge in [-0.25, -0.2) is 0 Å². The Bertz CT molecular complexity index is 615. The topological polar surface area (TPSA) is 127 Å². The van der Waals surface area contributed by atoms with Gasteiger partial charge in [0.1, 0.15) is 0 Å². The third-order valence-electron chi connectivity index (χ3n) is 4.00. The van der Waals surface area contributed by atoms with Gasteiger partial charge in [-0.2, -0.15) is 0 Å². The van der Waals surface area contributed by atoms with E-state index in [-0.39, 0.29) is 24.9 Å². The fourth-order valence-electron chi connectivity index (χ4n) is 2.67. The fourth-order valence-corrected chi connectivity index (χ4v) is 2.67. The Labute approximate surface area is 146 Å². The van der Waals surface area contributed by atoms with Crippen molar-refractivity contribution >= 4 is 35.8 Å². The van der Waals surface area contributed by atoms with Crippen LogP contribution in [0.4, 0.5) is 5.69 Å². The number of carbonyl (C=O) groups is 3. The van der Waals surface area contributed by atoms with Crippen LogP contribution in [0.1, 0.15) is 42.5 Å². The van der Waals surface area contributed by atoms with Crippen LogP contribution in [-0.2, 0) is 9.59 Å². The monoisotopic (exact) mass is 354 g/mol. The number of amides is 3. The molecule has 0 aliphatic heterocycles. The van der Waals surface area contributed by atoms with Crippen molar-refractivity contribution in [2.24, 2.45) is 11.5 Å². The molecule has 0 saturated heterocycles. The third-order valence-corrected chi connectivity index (χ3v) is 4.00. The van der Waals surface area contributed by atoms with E-state index in [2.05, 4.69) is 10.6 Å². The third kappa shape index (κ3) is 5.21. The highest BCUT2D eigenvalue weighted by Crippen LogP contribution is 2.27. The largest absolute Gasteiger partial charge is 0.368 e. The molecular weight excluding hydrogens is 332 g/mol. The summed E-state index contributed by atoms with van der Waals surface area (Å²) in [6.07, 6.45) is 4.32. The van der Waals surface area contributed by atoms with Crippen LogP contribution < -0.4 is 22.1 Å². The van der Waals surface area contributed by atoms with Gasteiger partial charge in [0.2, 0.25) is 11.8 Å². The average Bonchev–Trinajstić information content (AvgIpc) is 2.53. The zero-order valence-corrected chi connectivity index (χ0v) is 14.2. The first-order valence-electron chi connectivity index (χ1n) is 7.68. The molecule has 0 atom stereocenters. The summed E-state index contributed by atoms with van der Waals surface area (Å²) in [5.74, 6) is -1.28. The van der Waals surface area contributed by atoms with Gasteiger partial charge in [-0.1, -0.05) is 25.3 Å². The van der Waals surface area contributed by atoms with E-state index in [1.165, 1.54) is 0 Å². The van der Waals surface area contributed by atoms with Crippen molar-refractivity contribution in [1.29, 1.82) is 0 Å². The number of primary amides is 1. The second-order valence-corrected chi connectivity index (χ2v) is 5.90. The second kappa shape index (κ2) is 8.65. The Kier molecular flexibility index (Phi) is 7.18. The molecule has 0 bridgehead atoms. The number of benzene rings is 1. The average molecular weight is 355 g/mol. The minimum Gasteiger partial charge on any atom is -0.368 e. The van der Waals surface area contributed by atoms with Crippen LogP contribution in [-0.4, -0.2) is 29.8 Å². The van der Waals surface area contributed by atoms with E-state index < -0.39 is 17.4 Å². The van der Waals surface area contributed by atoms with Crippen LogP contribution in [0.25, 0.3) is 0 Å². The van der Waals surface area contributed by atoms with Crippen molar-refractivity contribution in [3.63, 3.8) is 0 Å². The molecule has 1 fully saturated rings. The molecule has 0 unspecified atom stereocenters. The van der Waals surface area contributed by atoms with E-state index in [0.29, 0.717) is 24.1 Å². The number of nitrogens with two attached hydrogens (primary N) is 2. The number of halogens is 1. The van der Waals surface area contributed by atoms with Gasteiger partial charge in [0.15, 0.2) is 0 Å². The molecule has 0 radical (unpaired) electrons. The molecule has 1 aromatic carbocycles. The summed E-state index contributed by atoms with van der Waals surface area (Å²) in [5, 5.41) is 5.18. The van der Waals surface area contributed by atoms with Crippen molar-refractivity contribution in [3.8, 4) is 0 Å². The predicted molar refractivity (Wildman–Crippen MR) is 93.9 cm³/mol. The summed E-state index contributed by atoms with van der Waals surface area (Å²) < 4.78 is 0. The van der Waals surface area contributed by atoms with Crippen molar-refractivity contribution in [3.05, 3.63) is 29.8 Å². The number of nitrogens with one attached hydrogen (secondary N) is 2. The summed E-state index contributed by atoms with van der Waals surface area (Å²) in [6.45, 7) is -0.235. The maximum absolute atomic E-state index is 12.4. The van der Waals surface area contributed by atoms with E-state index in [0.717, 1.165) is 19.3 Å². The molecule has 1 aliphatic carbocycles. The maximum atomic E-state index is 12.4. The molecule has 6 N–H and O–H groups in total. The Hall–Kier alpha value is -2.12. The normalized spacial score (nSPS) is 15.7.